The van der Waals surface area contributed by atoms with Crippen LogP contribution in [0.4, 0.5) is 17.1 Å². The molecule has 0 spiro atoms. The van der Waals surface area contributed by atoms with Crippen LogP contribution in [0.2, 0.25) is 0 Å². The van der Waals surface area contributed by atoms with E-state index in [0.717, 1.165) is 11.4 Å². The van der Waals surface area contributed by atoms with Crippen molar-refractivity contribution in [3.05, 3.63) is 212 Å². The molecule has 51 heavy (non-hydrogen) atoms. The first-order chi connectivity index (χ1) is 25.3. The topological polar surface area (TPSA) is 3.24 Å². The highest BCUT2D eigenvalue weighted by Gasteiger charge is 2.23. The summed E-state index contributed by atoms with van der Waals surface area (Å²) in [6.07, 6.45) is 0. The third-order valence-corrected chi connectivity index (χ3v) is 9.83. The normalized spacial score (nSPS) is 11.1. The lowest BCUT2D eigenvalue weighted by atomic mass is 9.90. The van der Waals surface area contributed by atoms with Crippen LogP contribution in [0.15, 0.2) is 212 Å². The van der Waals surface area contributed by atoms with Crippen molar-refractivity contribution in [2.45, 2.75) is 0 Å². The summed E-state index contributed by atoms with van der Waals surface area (Å²) < 4.78 is 0. The van der Waals surface area contributed by atoms with E-state index < -0.39 is 0 Å². The first-order valence-electron chi connectivity index (χ1n) is 17.5. The predicted molar refractivity (Wildman–Crippen MR) is 218 cm³/mol. The molecule has 240 valence electrons. The maximum atomic E-state index is 2.47. The first kappa shape index (κ1) is 30.4. The van der Waals surface area contributed by atoms with Gasteiger partial charge in [0.25, 0.3) is 0 Å². The Kier molecular flexibility index (Phi) is 7.92. The Morgan fingerprint density at radius 3 is 1.24 bits per heavy atom. The molecule has 0 aromatic heterocycles. The van der Waals surface area contributed by atoms with Gasteiger partial charge in [-0.25, -0.2) is 0 Å². The quantitative estimate of drug-likeness (QED) is 0.155. The molecule has 0 radical (unpaired) electrons. The van der Waals surface area contributed by atoms with E-state index in [1.54, 1.807) is 0 Å². The highest BCUT2D eigenvalue weighted by atomic mass is 15.1. The third-order valence-electron chi connectivity index (χ3n) is 9.83. The van der Waals surface area contributed by atoms with Crippen molar-refractivity contribution in [1.29, 1.82) is 0 Å². The largest absolute Gasteiger partial charge is 0.309 e. The van der Waals surface area contributed by atoms with Gasteiger partial charge >= 0.3 is 0 Å². The van der Waals surface area contributed by atoms with Crippen molar-refractivity contribution in [3.63, 3.8) is 0 Å². The number of nitrogens with zero attached hydrogens (tertiary/aromatic N) is 1. The number of hydrogen-bond acceptors (Lipinski definition) is 1. The average molecular weight is 650 g/mol. The zero-order chi connectivity index (χ0) is 34.0. The van der Waals surface area contributed by atoms with Gasteiger partial charge < -0.3 is 4.90 Å². The summed E-state index contributed by atoms with van der Waals surface area (Å²) in [4.78, 5) is 2.47. The molecule has 0 aliphatic carbocycles. The lowest BCUT2D eigenvalue weighted by Gasteiger charge is -2.31. The Hall–Kier alpha value is -6.70. The minimum atomic E-state index is 1.10. The van der Waals surface area contributed by atoms with E-state index in [2.05, 4.69) is 217 Å². The highest BCUT2D eigenvalue weighted by molar-refractivity contribution is 6.22. The fourth-order valence-corrected chi connectivity index (χ4v) is 7.43. The zero-order valence-electron chi connectivity index (χ0n) is 28.2. The molecule has 0 saturated heterocycles. The molecule has 0 bridgehead atoms. The first-order valence-corrected chi connectivity index (χ1v) is 17.5. The molecule has 1 heteroatoms. The lowest BCUT2D eigenvalue weighted by molar-refractivity contribution is 1.30. The van der Waals surface area contributed by atoms with Crippen molar-refractivity contribution < 1.29 is 0 Å². The Bertz CT molecular complexity index is 2610. The molecule has 0 N–H and O–H groups in total. The molecule has 9 aromatic carbocycles. The Morgan fingerprint density at radius 1 is 0.235 bits per heavy atom. The number of fused-ring (bicyclic) bond motifs is 3. The van der Waals surface area contributed by atoms with Gasteiger partial charge in [-0.3, -0.25) is 0 Å². The molecule has 0 fully saturated rings. The van der Waals surface area contributed by atoms with E-state index in [4.69, 9.17) is 0 Å². The van der Waals surface area contributed by atoms with Crippen LogP contribution in [-0.4, -0.2) is 0 Å². The van der Waals surface area contributed by atoms with Gasteiger partial charge in [-0.1, -0.05) is 182 Å². The lowest BCUT2D eigenvalue weighted by Crippen LogP contribution is -2.12. The summed E-state index contributed by atoms with van der Waals surface area (Å²) in [5, 5.41) is 4.93. The number of benzene rings is 9. The van der Waals surface area contributed by atoms with Crippen molar-refractivity contribution in [2.24, 2.45) is 0 Å². The van der Waals surface area contributed by atoms with E-state index in [0.29, 0.717) is 0 Å². The smallest absolute Gasteiger partial charge is 0.0624 e. The molecule has 9 rings (SSSR count). The monoisotopic (exact) mass is 649 g/mol. The van der Waals surface area contributed by atoms with E-state index in [1.807, 2.05) is 0 Å². The van der Waals surface area contributed by atoms with Crippen molar-refractivity contribution >= 4 is 38.6 Å². The van der Waals surface area contributed by atoms with Gasteiger partial charge in [0, 0.05) is 22.3 Å². The van der Waals surface area contributed by atoms with E-state index in [9.17, 15) is 0 Å². The van der Waals surface area contributed by atoms with Gasteiger partial charge in [-0.05, 0) is 85.4 Å². The number of rotatable bonds is 7. The maximum Gasteiger partial charge on any atom is 0.0624 e. The van der Waals surface area contributed by atoms with Crippen LogP contribution < -0.4 is 4.90 Å². The molecule has 0 saturated carbocycles. The fraction of sp³-hybridized carbons (Fsp3) is 0. The maximum absolute atomic E-state index is 2.47. The zero-order valence-corrected chi connectivity index (χ0v) is 28.2. The summed E-state index contributed by atoms with van der Waals surface area (Å²) in [6.45, 7) is 0. The second kappa shape index (κ2) is 13.3. The van der Waals surface area contributed by atoms with Gasteiger partial charge in [0.05, 0.1) is 5.69 Å². The molecule has 0 atom stereocenters. The van der Waals surface area contributed by atoms with Crippen LogP contribution >= 0.6 is 0 Å². The molecule has 0 aliphatic rings. The predicted octanol–water partition coefficient (Wildman–Crippen LogP) is 14.1. The van der Waals surface area contributed by atoms with E-state index in [-0.39, 0.29) is 0 Å². The van der Waals surface area contributed by atoms with Crippen LogP contribution in [0.25, 0.3) is 66.1 Å². The Morgan fingerprint density at radius 2 is 0.647 bits per heavy atom. The molecule has 0 unspecified atom stereocenters. The summed E-state index contributed by atoms with van der Waals surface area (Å²) in [5.41, 5.74) is 13.0. The van der Waals surface area contributed by atoms with Gasteiger partial charge in [0.15, 0.2) is 0 Å². The van der Waals surface area contributed by atoms with E-state index in [1.165, 1.54) is 71.7 Å². The van der Waals surface area contributed by atoms with Crippen molar-refractivity contribution in [1.82, 2.24) is 0 Å². The highest BCUT2D eigenvalue weighted by Crippen LogP contribution is 2.49. The SMILES string of the molecule is c1ccc(-c2cccc(-c3ccc(N(c4cccc(-c5ccccc5)c4)c4c(-c5ccccc5)c5ccccc5c5ccccc45)cc3)c2)cc1. The summed E-state index contributed by atoms with van der Waals surface area (Å²) in [6, 6.07) is 76.6. The van der Waals surface area contributed by atoms with Crippen molar-refractivity contribution in [2.75, 3.05) is 4.90 Å². The van der Waals surface area contributed by atoms with Crippen molar-refractivity contribution in [3.8, 4) is 44.5 Å². The van der Waals surface area contributed by atoms with Crippen LogP contribution in [-0.2, 0) is 0 Å². The minimum absolute atomic E-state index is 1.10. The second-order valence-electron chi connectivity index (χ2n) is 12.9. The summed E-state index contributed by atoms with van der Waals surface area (Å²) in [7, 11) is 0. The molecular weight excluding hydrogens is 615 g/mol. The summed E-state index contributed by atoms with van der Waals surface area (Å²) in [5.74, 6) is 0. The Labute approximate surface area is 299 Å². The van der Waals surface area contributed by atoms with Gasteiger partial charge in [-0.2, -0.15) is 0 Å². The van der Waals surface area contributed by atoms with Gasteiger partial charge in [-0.15, -0.1) is 0 Å². The van der Waals surface area contributed by atoms with Gasteiger partial charge in [0.1, 0.15) is 0 Å². The third kappa shape index (κ3) is 5.75. The van der Waals surface area contributed by atoms with E-state index >= 15 is 0 Å². The molecule has 9 aromatic rings. The number of hydrogen-bond donors (Lipinski definition) is 0. The standard InChI is InChI=1S/C50H35N/c1-4-16-36(17-5-1)40-22-14-23-41(34-40)38-30-32-43(33-31-38)51(44-25-15-24-42(35-44)37-18-6-2-7-19-37)50-48-29-13-11-27-46(48)45-26-10-12-28-47(45)49(50)39-20-8-3-9-21-39/h1-35H. The minimum Gasteiger partial charge on any atom is -0.309 e. The molecule has 0 amide bonds. The van der Waals surface area contributed by atoms with Crippen LogP contribution in [0.3, 0.4) is 0 Å². The Balaban J connectivity index is 1.29. The second-order valence-corrected chi connectivity index (χ2v) is 12.9. The molecule has 1 nitrogen and oxygen atoms in total. The van der Waals surface area contributed by atoms with Gasteiger partial charge in [0.2, 0.25) is 0 Å². The molecular formula is C50H35N. The average Bonchev–Trinajstić information content (AvgIpc) is 3.22. The molecule has 0 heterocycles. The van der Waals surface area contributed by atoms with Crippen LogP contribution in [0, 0.1) is 0 Å². The molecule has 0 aliphatic heterocycles. The summed E-state index contributed by atoms with van der Waals surface area (Å²) >= 11 is 0. The number of anilines is 3. The van der Waals surface area contributed by atoms with Crippen LogP contribution in [0.5, 0.6) is 0 Å². The fourth-order valence-electron chi connectivity index (χ4n) is 7.43. The van der Waals surface area contributed by atoms with Crippen LogP contribution in [0.1, 0.15) is 0 Å².